The fourth-order valence-corrected chi connectivity index (χ4v) is 2.16. The first-order valence-corrected chi connectivity index (χ1v) is 5.41. The molecule has 3 nitrogen and oxygen atoms in total. The fourth-order valence-electron chi connectivity index (χ4n) is 2.16. The summed E-state index contributed by atoms with van der Waals surface area (Å²) in [5.41, 5.74) is 1.72. The number of nitrogens with one attached hydrogen (secondary N) is 1. The molecule has 82 valence electrons. The minimum atomic E-state index is -0.208. The van der Waals surface area contributed by atoms with Crippen molar-refractivity contribution in [2.75, 3.05) is 11.9 Å². The van der Waals surface area contributed by atoms with Gasteiger partial charge in [-0.1, -0.05) is 13.0 Å². The Balaban J connectivity index is 2.34. The summed E-state index contributed by atoms with van der Waals surface area (Å²) < 4.78 is 0. The maximum absolute atomic E-state index is 9.67. The second-order valence-corrected chi connectivity index (χ2v) is 4.22. The van der Waals surface area contributed by atoms with Crippen molar-refractivity contribution in [3.8, 4) is 5.75 Å². The van der Waals surface area contributed by atoms with Crippen LogP contribution in [0.1, 0.15) is 25.3 Å². The molecule has 1 aliphatic heterocycles. The lowest BCUT2D eigenvalue weighted by Crippen LogP contribution is -2.44. The smallest absolute Gasteiger partial charge is 0.120 e. The molecule has 0 spiro atoms. The summed E-state index contributed by atoms with van der Waals surface area (Å²) in [6.07, 6.45) is 2.58. The Morgan fingerprint density at radius 3 is 2.93 bits per heavy atom. The van der Waals surface area contributed by atoms with Gasteiger partial charge in [-0.2, -0.15) is 0 Å². The molecule has 1 aromatic carbocycles. The lowest BCUT2D eigenvalue weighted by Gasteiger charge is -2.38. The minimum Gasteiger partial charge on any atom is -0.508 e. The molecule has 1 unspecified atom stereocenters. The molecule has 3 heteroatoms. The number of hydrogen-bond donors (Lipinski definition) is 3. The molecule has 0 amide bonds. The number of aliphatic hydroxyl groups is 1. The van der Waals surface area contributed by atoms with Crippen molar-refractivity contribution in [1.29, 1.82) is 0 Å². The first-order chi connectivity index (χ1) is 7.21. The van der Waals surface area contributed by atoms with Crippen molar-refractivity contribution in [1.82, 2.24) is 0 Å². The number of aliphatic hydroxyl groups excluding tert-OH is 1. The number of aromatic hydroxyl groups is 1. The molecule has 0 aromatic heterocycles. The molecule has 2 rings (SSSR count). The van der Waals surface area contributed by atoms with Crippen molar-refractivity contribution in [3.05, 3.63) is 23.8 Å². The third-order valence-electron chi connectivity index (χ3n) is 3.38. The van der Waals surface area contributed by atoms with Crippen molar-refractivity contribution in [3.63, 3.8) is 0 Å². The van der Waals surface area contributed by atoms with Crippen LogP contribution < -0.4 is 5.32 Å². The van der Waals surface area contributed by atoms with Gasteiger partial charge in [0.1, 0.15) is 5.75 Å². The van der Waals surface area contributed by atoms with Gasteiger partial charge in [0.25, 0.3) is 0 Å². The standard InChI is InChI=1S/C12H17NO2/c1-2-12(8-14)7-6-9-10(13-12)4-3-5-11(9)15/h3-5,13-15H,2,6-8H2,1H3. The number of phenolic OH excluding ortho intramolecular Hbond substituents is 1. The Kier molecular flexibility index (Phi) is 2.57. The molecule has 0 saturated heterocycles. The Labute approximate surface area is 89.8 Å². The molecule has 0 saturated carbocycles. The minimum absolute atomic E-state index is 0.137. The summed E-state index contributed by atoms with van der Waals surface area (Å²) in [7, 11) is 0. The fraction of sp³-hybridized carbons (Fsp3) is 0.500. The van der Waals surface area contributed by atoms with E-state index in [9.17, 15) is 10.2 Å². The second-order valence-electron chi connectivity index (χ2n) is 4.22. The van der Waals surface area contributed by atoms with Gasteiger partial charge in [-0.05, 0) is 31.4 Å². The molecule has 1 aliphatic rings. The number of benzene rings is 1. The Morgan fingerprint density at radius 1 is 1.47 bits per heavy atom. The lowest BCUT2D eigenvalue weighted by atomic mass is 9.84. The van der Waals surface area contributed by atoms with Crippen molar-refractivity contribution in [2.45, 2.75) is 31.7 Å². The van der Waals surface area contributed by atoms with E-state index in [1.807, 2.05) is 12.1 Å². The number of phenols is 1. The van der Waals surface area contributed by atoms with Gasteiger partial charge in [-0.3, -0.25) is 0 Å². The topological polar surface area (TPSA) is 52.5 Å². The highest BCUT2D eigenvalue weighted by atomic mass is 16.3. The zero-order chi connectivity index (χ0) is 10.9. The van der Waals surface area contributed by atoms with Crippen LogP contribution in [0.5, 0.6) is 5.75 Å². The quantitative estimate of drug-likeness (QED) is 0.694. The van der Waals surface area contributed by atoms with E-state index >= 15 is 0 Å². The van der Waals surface area contributed by atoms with Crippen molar-refractivity contribution >= 4 is 5.69 Å². The van der Waals surface area contributed by atoms with Gasteiger partial charge in [0.15, 0.2) is 0 Å². The number of rotatable bonds is 2. The molecule has 1 heterocycles. The highest BCUT2D eigenvalue weighted by Gasteiger charge is 2.32. The molecule has 0 bridgehead atoms. The third-order valence-corrected chi connectivity index (χ3v) is 3.38. The van der Waals surface area contributed by atoms with Crippen LogP contribution >= 0.6 is 0 Å². The molecular weight excluding hydrogens is 190 g/mol. The van der Waals surface area contributed by atoms with Gasteiger partial charge in [-0.25, -0.2) is 0 Å². The zero-order valence-corrected chi connectivity index (χ0v) is 8.95. The van der Waals surface area contributed by atoms with Crippen molar-refractivity contribution < 1.29 is 10.2 Å². The summed E-state index contributed by atoms with van der Waals surface area (Å²) in [5.74, 6) is 0.350. The predicted molar refractivity (Wildman–Crippen MR) is 60.2 cm³/mol. The van der Waals surface area contributed by atoms with Gasteiger partial charge < -0.3 is 15.5 Å². The van der Waals surface area contributed by atoms with E-state index in [1.54, 1.807) is 6.07 Å². The Bertz CT molecular complexity index is 359. The van der Waals surface area contributed by atoms with Crippen LogP contribution in [0.2, 0.25) is 0 Å². The molecule has 3 N–H and O–H groups in total. The van der Waals surface area contributed by atoms with Gasteiger partial charge in [-0.15, -0.1) is 0 Å². The van der Waals surface area contributed by atoms with E-state index in [0.717, 1.165) is 30.5 Å². The van der Waals surface area contributed by atoms with Crippen LogP contribution in [0.3, 0.4) is 0 Å². The average Bonchev–Trinajstić information content (AvgIpc) is 2.29. The highest BCUT2D eigenvalue weighted by molar-refractivity contribution is 5.60. The largest absolute Gasteiger partial charge is 0.508 e. The van der Waals surface area contributed by atoms with Crippen LogP contribution in [0.15, 0.2) is 18.2 Å². The average molecular weight is 207 g/mol. The van der Waals surface area contributed by atoms with E-state index in [4.69, 9.17) is 0 Å². The maximum Gasteiger partial charge on any atom is 0.120 e. The lowest BCUT2D eigenvalue weighted by molar-refractivity contribution is 0.194. The summed E-state index contributed by atoms with van der Waals surface area (Å²) >= 11 is 0. The van der Waals surface area contributed by atoms with Crippen LogP contribution in [-0.2, 0) is 6.42 Å². The summed E-state index contributed by atoms with van der Waals surface area (Å²) in [6.45, 7) is 2.20. The van der Waals surface area contributed by atoms with Gasteiger partial charge in [0, 0.05) is 11.3 Å². The highest BCUT2D eigenvalue weighted by Crippen LogP contribution is 2.36. The first-order valence-electron chi connectivity index (χ1n) is 5.41. The SMILES string of the molecule is CCC1(CO)CCc2c(O)cccc2N1. The molecule has 1 atom stereocenters. The number of anilines is 1. The first kappa shape index (κ1) is 10.3. The third kappa shape index (κ3) is 1.67. The zero-order valence-electron chi connectivity index (χ0n) is 8.95. The van der Waals surface area contributed by atoms with E-state index < -0.39 is 0 Å². The van der Waals surface area contributed by atoms with E-state index in [0.29, 0.717) is 5.75 Å². The number of fused-ring (bicyclic) bond motifs is 1. The van der Waals surface area contributed by atoms with Gasteiger partial charge >= 0.3 is 0 Å². The summed E-state index contributed by atoms with van der Waals surface area (Å²) in [6, 6.07) is 5.48. The predicted octanol–water partition coefficient (Wildman–Crippen LogP) is 1.89. The van der Waals surface area contributed by atoms with Crippen LogP contribution in [0.4, 0.5) is 5.69 Å². The monoisotopic (exact) mass is 207 g/mol. The second kappa shape index (κ2) is 3.74. The Hall–Kier alpha value is -1.22. The summed E-state index contributed by atoms with van der Waals surface area (Å²) in [4.78, 5) is 0. The normalized spacial score (nSPS) is 24.4. The Morgan fingerprint density at radius 2 is 2.27 bits per heavy atom. The van der Waals surface area contributed by atoms with E-state index in [1.165, 1.54) is 0 Å². The molecule has 0 radical (unpaired) electrons. The molecule has 0 aliphatic carbocycles. The van der Waals surface area contributed by atoms with Gasteiger partial charge in [0.05, 0.1) is 12.1 Å². The molecular formula is C12H17NO2. The maximum atomic E-state index is 9.67. The van der Waals surface area contributed by atoms with Crippen LogP contribution in [-0.4, -0.2) is 22.4 Å². The van der Waals surface area contributed by atoms with Crippen LogP contribution in [0, 0.1) is 0 Å². The van der Waals surface area contributed by atoms with E-state index in [2.05, 4.69) is 12.2 Å². The van der Waals surface area contributed by atoms with E-state index in [-0.39, 0.29) is 12.1 Å². The molecule has 0 fully saturated rings. The molecule has 1 aromatic rings. The van der Waals surface area contributed by atoms with Gasteiger partial charge in [0.2, 0.25) is 0 Å². The number of hydrogen-bond acceptors (Lipinski definition) is 3. The van der Waals surface area contributed by atoms with Crippen molar-refractivity contribution in [2.24, 2.45) is 0 Å². The van der Waals surface area contributed by atoms with Crippen LogP contribution in [0.25, 0.3) is 0 Å². The summed E-state index contributed by atoms with van der Waals surface area (Å²) in [5, 5.41) is 22.4. The molecule has 15 heavy (non-hydrogen) atoms.